The number of aryl methyl sites for hydroxylation is 1. The summed E-state index contributed by atoms with van der Waals surface area (Å²) < 4.78 is 20.1. The Hall–Kier alpha value is -1.81. The topological polar surface area (TPSA) is 38.3 Å². The highest BCUT2D eigenvalue weighted by Crippen LogP contribution is 2.17. The number of ether oxygens (including phenoxy) is 1. The number of rotatable bonds is 4. The molecule has 0 bridgehead atoms. The molecule has 18 heavy (non-hydrogen) atoms. The monoisotopic (exact) mass is 261 g/mol. The number of benzene rings is 2. The summed E-state index contributed by atoms with van der Waals surface area (Å²) in [6.07, 6.45) is 0. The first-order valence-corrected chi connectivity index (χ1v) is 6.73. The van der Waals surface area contributed by atoms with Crippen molar-refractivity contribution in [2.45, 2.75) is 11.8 Å². The van der Waals surface area contributed by atoms with Gasteiger partial charge in [-0.1, -0.05) is 17.7 Å². The van der Waals surface area contributed by atoms with Crippen LogP contribution < -0.4 is 9.46 Å². The minimum atomic E-state index is -1.24. The van der Waals surface area contributed by atoms with Crippen LogP contribution in [-0.4, -0.2) is 11.3 Å². The van der Waals surface area contributed by atoms with Crippen molar-refractivity contribution in [2.75, 3.05) is 11.8 Å². The zero-order valence-electron chi connectivity index (χ0n) is 10.3. The lowest BCUT2D eigenvalue weighted by Gasteiger charge is -2.07. The van der Waals surface area contributed by atoms with Gasteiger partial charge in [0, 0.05) is 5.69 Å². The van der Waals surface area contributed by atoms with Gasteiger partial charge in [0.1, 0.15) is 16.7 Å². The number of nitrogens with one attached hydrogen (secondary N) is 1. The van der Waals surface area contributed by atoms with Crippen molar-refractivity contribution in [3.8, 4) is 5.75 Å². The summed E-state index contributed by atoms with van der Waals surface area (Å²) in [5, 5.41) is 0. The number of anilines is 1. The molecule has 0 aliphatic heterocycles. The second-order valence-corrected chi connectivity index (χ2v) is 5.13. The summed E-state index contributed by atoms with van der Waals surface area (Å²) in [7, 11) is 0.376. The minimum absolute atomic E-state index is 0.761. The Labute approximate surface area is 109 Å². The highest BCUT2D eigenvalue weighted by Gasteiger charge is 2.03. The van der Waals surface area contributed by atoms with E-state index in [2.05, 4.69) is 4.72 Å². The Kier molecular flexibility index (Phi) is 3.99. The van der Waals surface area contributed by atoms with Crippen LogP contribution in [0.5, 0.6) is 5.75 Å². The fourth-order valence-electron chi connectivity index (χ4n) is 1.49. The van der Waals surface area contributed by atoms with Crippen LogP contribution in [0.1, 0.15) is 5.56 Å². The normalized spacial score (nSPS) is 11.9. The van der Waals surface area contributed by atoms with Gasteiger partial charge in [-0.05, 0) is 43.3 Å². The van der Waals surface area contributed by atoms with E-state index < -0.39 is 11.0 Å². The third-order valence-electron chi connectivity index (χ3n) is 2.54. The maximum atomic E-state index is 12.0. The Morgan fingerprint density at radius 3 is 2.17 bits per heavy atom. The summed E-state index contributed by atoms with van der Waals surface area (Å²) in [5.74, 6) is 0.779. The van der Waals surface area contributed by atoms with Gasteiger partial charge in [-0.15, -0.1) is 0 Å². The van der Waals surface area contributed by atoms with Gasteiger partial charge >= 0.3 is 0 Å². The fourth-order valence-corrected chi connectivity index (χ4v) is 2.34. The summed E-state index contributed by atoms with van der Waals surface area (Å²) >= 11 is 0. The molecule has 0 aliphatic carbocycles. The molecule has 4 heteroatoms. The van der Waals surface area contributed by atoms with Crippen molar-refractivity contribution in [2.24, 2.45) is 0 Å². The van der Waals surface area contributed by atoms with Gasteiger partial charge in [-0.3, -0.25) is 0 Å². The molecule has 0 aliphatic rings. The van der Waals surface area contributed by atoms with E-state index >= 15 is 0 Å². The zero-order valence-corrected chi connectivity index (χ0v) is 11.2. The molecule has 0 heterocycles. The van der Waals surface area contributed by atoms with Gasteiger partial charge in [-0.2, -0.15) is 0 Å². The minimum Gasteiger partial charge on any atom is -0.497 e. The van der Waals surface area contributed by atoms with Crippen LogP contribution >= 0.6 is 0 Å². The van der Waals surface area contributed by atoms with Crippen LogP contribution in [0.2, 0.25) is 0 Å². The van der Waals surface area contributed by atoms with Crippen LogP contribution in [0, 0.1) is 6.92 Å². The van der Waals surface area contributed by atoms with Gasteiger partial charge in [-0.25, -0.2) is 4.21 Å². The van der Waals surface area contributed by atoms with E-state index in [9.17, 15) is 4.21 Å². The van der Waals surface area contributed by atoms with Crippen molar-refractivity contribution in [1.82, 2.24) is 0 Å². The first-order valence-electron chi connectivity index (χ1n) is 5.58. The Morgan fingerprint density at radius 1 is 1.00 bits per heavy atom. The standard InChI is InChI=1S/C14H15NO2S/c1-11-3-9-14(10-4-11)18(16)15-12-5-7-13(17-2)8-6-12/h3-10,15H,1-2H3. The Balaban J connectivity index is 2.08. The maximum Gasteiger partial charge on any atom is 0.150 e. The van der Waals surface area contributed by atoms with Gasteiger partial charge in [0.15, 0.2) is 0 Å². The number of hydrogen-bond acceptors (Lipinski definition) is 2. The summed E-state index contributed by atoms with van der Waals surface area (Å²) in [6.45, 7) is 2.00. The molecule has 3 nitrogen and oxygen atoms in total. The number of hydrogen-bond donors (Lipinski definition) is 1. The van der Waals surface area contributed by atoms with Crippen LogP contribution in [0.15, 0.2) is 53.4 Å². The van der Waals surface area contributed by atoms with E-state index in [1.54, 1.807) is 7.11 Å². The van der Waals surface area contributed by atoms with Gasteiger partial charge in [0.05, 0.1) is 12.0 Å². The summed E-state index contributed by atoms with van der Waals surface area (Å²) in [4.78, 5) is 0.761. The third kappa shape index (κ3) is 3.11. The zero-order chi connectivity index (χ0) is 13.0. The molecule has 1 N–H and O–H groups in total. The Bertz CT molecular complexity index is 535. The molecular formula is C14H15NO2S. The lowest BCUT2D eigenvalue weighted by Crippen LogP contribution is -2.04. The molecule has 2 aromatic rings. The smallest absolute Gasteiger partial charge is 0.150 e. The molecule has 1 atom stereocenters. The van der Waals surface area contributed by atoms with Crippen molar-refractivity contribution in [3.63, 3.8) is 0 Å². The predicted molar refractivity (Wildman–Crippen MR) is 74.2 cm³/mol. The number of methoxy groups -OCH3 is 1. The third-order valence-corrected chi connectivity index (χ3v) is 3.66. The van der Waals surface area contributed by atoms with E-state index in [1.165, 1.54) is 0 Å². The molecule has 2 rings (SSSR count). The molecule has 0 radical (unpaired) electrons. The van der Waals surface area contributed by atoms with Gasteiger partial charge in [0.2, 0.25) is 0 Å². The van der Waals surface area contributed by atoms with Gasteiger partial charge in [0.25, 0.3) is 0 Å². The van der Waals surface area contributed by atoms with Crippen molar-refractivity contribution < 1.29 is 8.95 Å². The molecule has 0 spiro atoms. The average molecular weight is 261 g/mol. The van der Waals surface area contributed by atoms with Gasteiger partial charge < -0.3 is 9.46 Å². The molecule has 0 fully saturated rings. The SMILES string of the molecule is COc1ccc(NS(=O)c2ccc(C)cc2)cc1. The van der Waals surface area contributed by atoms with Crippen LogP contribution in [-0.2, 0) is 11.0 Å². The van der Waals surface area contributed by atoms with Crippen molar-refractivity contribution in [1.29, 1.82) is 0 Å². The van der Waals surface area contributed by atoms with Crippen LogP contribution in [0.4, 0.5) is 5.69 Å². The Morgan fingerprint density at radius 2 is 1.61 bits per heavy atom. The predicted octanol–water partition coefficient (Wildman–Crippen LogP) is 3.14. The highest BCUT2D eigenvalue weighted by atomic mass is 32.2. The second-order valence-electron chi connectivity index (χ2n) is 3.91. The molecular weight excluding hydrogens is 246 g/mol. The van der Waals surface area contributed by atoms with E-state index in [0.717, 1.165) is 21.9 Å². The molecule has 94 valence electrons. The quantitative estimate of drug-likeness (QED) is 0.918. The molecule has 0 aromatic heterocycles. The van der Waals surface area contributed by atoms with Crippen molar-refractivity contribution in [3.05, 3.63) is 54.1 Å². The average Bonchev–Trinajstić information content (AvgIpc) is 2.40. The molecule has 0 saturated carbocycles. The van der Waals surface area contributed by atoms with Crippen LogP contribution in [0.25, 0.3) is 0 Å². The van der Waals surface area contributed by atoms with Crippen LogP contribution in [0.3, 0.4) is 0 Å². The second kappa shape index (κ2) is 5.69. The van der Waals surface area contributed by atoms with E-state index in [4.69, 9.17) is 4.74 Å². The van der Waals surface area contributed by atoms with Crippen molar-refractivity contribution >= 4 is 16.7 Å². The first kappa shape index (κ1) is 12.6. The van der Waals surface area contributed by atoms with E-state index in [1.807, 2.05) is 55.5 Å². The molecule has 0 amide bonds. The molecule has 0 saturated heterocycles. The maximum absolute atomic E-state index is 12.0. The first-order chi connectivity index (χ1) is 8.69. The highest BCUT2D eigenvalue weighted by molar-refractivity contribution is 7.86. The summed E-state index contributed by atoms with van der Waals surface area (Å²) in [6, 6.07) is 15.0. The van der Waals surface area contributed by atoms with E-state index in [0.29, 0.717) is 0 Å². The lowest BCUT2D eigenvalue weighted by atomic mass is 10.2. The lowest BCUT2D eigenvalue weighted by molar-refractivity contribution is 0.415. The largest absolute Gasteiger partial charge is 0.497 e. The molecule has 1 unspecified atom stereocenters. The van der Waals surface area contributed by atoms with E-state index in [-0.39, 0.29) is 0 Å². The fraction of sp³-hybridized carbons (Fsp3) is 0.143. The summed E-state index contributed by atoms with van der Waals surface area (Å²) in [5.41, 5.74) is 1.95. The molecule has 2 aromatic carbocycles.